The van der Waals surface area contributed by atoms with E-state index in [2.05, 4.69) is 15.9 Å². The zero-order valence-corrected chi connectivity index (χ0v) is 9.58. The molecule has 0 saturated carbocycles. The Kier molecular flexibility index (Phi) is 2.39. The van der Waals surface area contributed by atoms with Gasteiger partial charge in [0.25, 0.3) is 0 Å². The lowest BCUT2D eigenvalue weighted by atomic mass is 10.1. The van der Waals surface area contributed by atoms with Gasteiger partial charge < -0.3 is 0 Å². The maximum Gasteiger partial charge on any atom is 0.177 e. The first kappa shape index (κ1) is 9.50. The van der Waals surface area contributed by atoms with Crippen LogP contribution in [-0.2, 0) is 6.42 Å². The Morgan fingerprint density at radius 1 is 1.38 bits per heavy atom. The Morgan fingerprint density at radius 2 is 2.08 bits per heavy atom. The van der Waals surface area contributed by atoms with Crippen LogP contribution in [0.2, 0.25) is 10.0 Å². The van der Waals surface area contributed by atoms with Crippen molar-refractivity contribution in [2.24, 2.45) is 0 Å². The van der Waals surface area contributed by atoms with Crippen molar-refractivity contribution in [2.75, 3.05) is 0 Å². The minimum absolute atomic E-state index is 0.0689. The second kappa shape index (κ2) is 3.26. The van der Waals surface area contributed by atoms with Crippen LogP contribution in [0.25, 0.3) is 0 Å². The van der Waals surface area contributed by atoms with E-state index in [1.165, 1.54) is 0 Å². The number of fused-ring (bicyclic) bond motifs is 1. The van der Waals surface area contributed by atoms with E-state index in [-0.39, 0.29) is 10.6 Å². The van der Waals surface area contributed by atoms with Crippen molar-refractivity contribution in [1.29, 1.82) is 0 Å². The van der Waals surface area contributed by atoms with E-state index in [0.717, 1.165) is 5.56 Å². The summed E-state index contributed by atoms with van der Waals surface area (Å²) in [6.07, 6.45) is 0.657. The Morgan fingerprint density at radius 3 is 2.77 bits per heavy atom. The Hall–Kier alpha value is -0.0500. The molecule has 0 aromatic heterocycles. The summed E-state index contributed by atoms with van der Waals surface area (Å²) in [7, 11) is 0. The molecule has 0 radical (unpaired) electrons. The van der Waals surface area contributed by atoms with Gasteiger partial charge in [0.1, 0.15) is 0 Å². The summed E-state index contributed by atoms with van der Waals surface area (Å²) in [4.78, 5) is 11.4. The zero-order valence-electron chi connectivity index (χ0n) is 6.48. The SMILES string of the molecule is O=C1c2cc(Cl)cc(Cl)c2CC1Br. The van der Waals surface area contributed by atoms with Gasteiger partial charge in [0.05, 0.1) is 4.83 Å². The van der Waals surface area contributed by atoms with Crippen molar-refractivity contribution in [3.8, 4) is 0 Å². The van der Waals surface area contributed by atoms with Gasteiger partial charge in [-0.2, -0.15) is 0 Å². The first-order valence-electron chi connectivity index (χ1n) is 3.76. The molecule has 0 saturated heterocycles. The molecule has 0 amide bonds. The summed E-state index contributed by atoms with van der Waals surface area (Å²) < 4.78 is 0. The highest BCUT2D eigenvalue weighted by Gasteiger charge is 2.30. The van der Waals surface area contributed by atoms with E-state index in [0.29, 0.717) is 22.0 Å². The summed E-state index contributed by atoms with van der Waals surface area (Å²) in [5.41, 5.74) is 1.55. The topological polar surface area (TPSA) is 17.1 Å². The lowest BCUT2D eigenvalue weighted by Crippen LogP contribution is -2.05. The van der Waals surface area contributed by atoms with Crippen LogP contribution in [0.1, 0.15) is 15.9 Å². The van der Waals surface area contributed by atoms with Crippen molar-refractivity contribution in [1.82, 2.24) is 0 Å². The minimum atomic E-state index is -0.140. The number of benzene rings is 1. The Balaban J connectivity index is 2.64. The first-order valence-corrected chi connectivity index (χ1v) is 5.43. The van der Waals surface area contributed by atoms with E-state index in [9.17, 15) is 4.79 Å². The molecule has 4 heteroatoms. The average Bonchev–Trinajstić information content (AvgIpc) is 2.32. The highest BCUT2D eigenvalue weighted by Crippen LogP contribution is 2.34. The number of alkyl halides is 1. The molecule has 1 aliphatic carbocycles. The van der Waals surface area contributed by atoms with E-state index in [1.807, 2.05) is 0 Å². The minimum Gasteiger partial charge on any atom is -0.293 e. The fourth-order valence-electron chi connectivity index (χ4n) is 1.47. The molecule has 0 aliphatic heterocycles. The Bertz CT molecular complexity index is 389. The van der Waals surface area contributed by atoms with Gasteiger partial charge in [-0.05, 0) is 24.1 Å². The van der Waals surface area contributed by atoms with Crippen LogP contribution in [0.15, 0.2) is 12.1 Å². The highest BCUT2D eigenvalue weighted by molar-refractivity contribution is 9.10. The van der Waals surface area contributed by atoms with Crippen LogP contribution in [0.5, 0.6) is 0 Å². The van der Waals surface area contributed by atoms with Crippen molar-refractivity contribution < 1.29 is 4.79 Å². The number of hydrogen-bond donors (Lipinski definition) is 0. The molecule has 0 heterocycles. The third-order valence-electron chi connectivity index (χ3n) is 2.09. The number of carbonyl (C=O) groups excluding carboxylic acids is 1. The molecule has 13 heavy (non-hydrogen) atoms. The fraction of sp³-hybridized carbons (Fsp3) is 0.222. The fourth-order valence-corrected chi connectivity index (χ4v) is 2.61. The van der Waals surface area contributed by atoms with E-state index in [4.69, 9.17) is 23.2 Å². The molecule has 1 atom stereocenters. The van der Waals surface area contributed by atoms with Crippen LogP contribution < -0.4 is 0 Å². The monoisotopic (exact) mass is 278 g/mol. The van der Waals surface area contributed by atoms with Gasteiger partial charge in [-0.15, -0.1) is 0 Å². The molecule has 1 unspecified atom stereocenters. The van der Waals surface area contributed by atoms with Gasteiger partial charge in [-0.1, -0.05) is 39.1 Å². The lowest BCUT2D eigenvalue weighted by molar-refractivity contribution is 0.100. The van der Waals surface area contributed by atoms with Crippen LogP contribution in [0.3, 0.4) is 0 Å². The van der Waals surface area contributed by atoms with E-state index >= 15 is 0 Å². The smallest absolute Gasteiger partial charge is 0.177 e. The Labute approximate surface area is 94.2 Å². The van der Waals surface area contributed by atoms with Crippen LogP contribution in [0, 0.1) is 0 Å². The molecule has 1 aromatic carbocycles. The van der Waals surface area contributed by atoms with Gasteiger partial charge in [-0.25, -0.2) is 0 Å². The summed E-state index contributed by atoms with van der Waals surface area (Å²) in [5.74, 6) is 0.0689. The maximum absolute atomic E-state index is 11.5. The molecule has 0 N–H and O–H groups in total. The second-order valence-electron chi connectivity index (χ2n) is 2.95. The molecule has 68 valence electrons. The predicted octanol–water partition coefficient (Wildman–Crippen LogP) is 3.50. The number of ketones is 1. The molecule has 1 aliphatic rings. The van der Waals surface area contributed by atoms with Crippen LogP contribution in [-0.4, -0.2) is 10.6 Å². The van der Waals surface area contributed by atoms with E-state index in [1.54, 1.807) is 12.1 Å². The van der Waals surface area contributed by atoms with Crippen molar-refractivity contribution >= 4 is 44.9 Å². The molecule has 0 spiro atoms. The molecule has 0 fully saturated rings. The first-order chi connectivity index (χ1) is 6.09. The molecular formula is C9H5BrCl2O. The van der Waals surface area contributed by atoms with Crippen molar-refractivity contribution in [2.45, 2.75) is 11.2 Å². The summed E-state index contributed by atoms with van der Waals surface area (Å²) in [6.45, 7) is 0. The van der Waals surface area contributed by atoms with Gasteiger partial charge in [0, 0.05) is 15.6 Å². The molecule has 1 nitrogen and oxygen atoms in total. The molecule has 0 bridgehead atoms. The summed E-state index contributed by atoms with van der Waals surface area (Å²) in [6, 6.07) is 3.34. The quantitative estimate of drug-likeness (QED) is 0.665. The largest absolute Gasteiger partial charge is 0.293 e. The lowest BCUT2D eigenvalue weighted by Gasteiger charge is -2.00. The van der Waals surface area contributed by atoms with Gasteiger partial charge in [0.2, 0.25) is 0 Å². The normalized spacial score (nSPS) is 20.5. The van der Waals surface area contributed by atoms with Crippen molar-refractivity contribution in [3.05, 3.63) is 33.3 Å². The summed E-state index contributed by atoms with van der Waals surface area (Å²) >= 11 is 15.0. The zero-order chi connectivity index (χ0) is 9.59. The molecule has 2 rings (SSSR count). The molecular weight excluding hydrogens is 275 g/mol. The predicted molar refractivity (Wildman–Crippen MR) is 57.2 cm³/mol. The third kappa shape index (κ3) is 1.51. The van der Waals surface area contributed by atoms with Gasteiger partial charge >= 0.3 is 0 Å². The second-order valence-corrected chi connectivity index (χ2v) is 4.90. The standard InChI is InChI=1S/C9H5BrCl2O/c10-7-3-5-6(9(7)13)1-4(11)2-8(5)12/h1-2,7H,3H2. The number of rotatable bonds is 0. The molecule has 1 aromatic rings. The highest BCUT2D eigenvalue weighted by atomic mass is 79.9. The van der Waals surface area contributed by atoms with Crippen LogP contribution >= 0.6 is 39.1 Å². The maximum atomic E-state index is 11.5. The van der Waals surface area contributed by atoms with Crippen LogP contribution in [0.4, 0.5) is 0 Å². The summed E-state index contributed by atoms with van der Waals surface area (Å²) in [5, 5.41) is 1.09. The van der Waals surface area contributed by atoms with Gasteiger partial charge in [0.15, 0.2) is 5.78 Å². The van der Waals surface area contributed by atoms with Crippen molar-refractivity contribution in [3.63, 3.8) is 0 Å². The van der Waals surface area contributed by atoms with E-state index < -0.39 is 0 Å². The van der Waals surface area contributed by atoms with Gasteiger partial charge in [-0.3, -0.25) is 4.79 Å². The number of hydrogen-bond acceptors (Lipinski definition) is 1. The number of Topliss-reactive ketones (excluding diaryl/α,β-unsaturated/α-hetero) is 1. The number of carbonyl (C=O) groups is 1. The number of halogens is 3. The average molecular weight is 280 g/mol. The third-order valence-corrected chi connectivity index (χ3v) is 3.39.